The van der Waals surface area contributed by atoms with Crippen molar-refractivity contribution in [1.82, 2.24) is 5.16 Å². The van der Waals surface area contributed by atoms with Crippen molar-refractivity contribution in [3.05, 3.63) is 35.8 Å². The van der Waals surface area contributed by atoms with Crippen molar-refractivity contribution in [3.63, 3.8) is 0 Å². The molecule has 0 atom stereocenters. The van der Waals surface area contributed by atoms with Crippen LogP contribution in [0.5, 0.6) is 5.75 Å². The Balaban J connectivity index is 1.80. The summed E-state index contributed by atoms with van der Waals surface area (Å²) in [7, 11) is -4.07. The van der Waals surface area contributed by atoms with E-state index < -0.39 is 20.7 Å². The summed E-state index contributed by atoms with van der Waals surface area (Å²) >= 11 is 0. The molecule has 1 aliphatic rings. The Morgan fingerprint density at radius 3 is 2.68 bits per heavy atom. The number of hydrogen-bond acceptors (Lipinski definition) is 5. The van der Waals surface area contributed by atoms with Gasteiger partial charge in [-0.15, -0.1) is 0 Å². The summed E-state index contributed by atoms with van der Waals surface area (Å²) in [6.45, 7) is 1.62. The zero-order valence-electron chi connectivity index (χ0n) is 11.9. The van der Waals surface area contributed by atoms with Gasteiger partial charge in [-0.3, -0.25) is 4.72 Å². The smallest absolute Gasteiger partial charge is 0.266 e. The van der Waals surface area contributed by atoms with Crippen LogP contribution in [0.2, 0.25) is 0 Å². The molecular formula is C14H15FN2O4S. The van der Waals surface area contributed by atoms with Gasteiger partial charge in [0.2, 0.25) is 0 Å². The molecule has 1 aliphatic carbocycles. The zero-order chi connectivity index (χ0) is 15.7. The number of benzene rings is 1. The van der Waals surface area contributed by atoms with Gasteiger partial charge in [-0.25, -0.2) is 12.8 Å². The summed E-state index contributed by atoms with van der Waals surface area (Å²) in [4.78, 5) is -0.464. The Morgan fingerprint density at radius 2 is 2.14 bits per heavy atom. The molecule has 1 saturated carbocycles. The lowest BCUT2D eigenvalue weighted by Gasteiger charge is -2.26. The Kier molecular flexibility index (Phi) is 3.78. The first-order valence-corrected chi connectivity index (χ1v) is 8.35. The highest BCUT2D eigenvalue weighted by Crippen LogP contribution is 2.28. The van der Waals surface area contributed by atoms with E-state index in [1.807, 2.05) is 0 Å². The van der Waals surface area contributed by atoms with Gasteiger partial charge in [-0.2, -0.15) is 0 Å². The van der Waals surface area contributed by atoms with E-state index in [9.17, 15) is 12.8 Å². The highest BCUT2D eigenvalue weighted by Gasteiger charge is 2.23. The van der Waals surface area contributed by atoms with Gasteiger partial charge in [0.15, 0.2) is 5.82 Å². The lowest BCUT2D eigenvalue weighted by Crippen LogP contribution is -2.24. The summed E-state index contributed by atoms with van der Waals surface area (Å²) in [5.41, 5.74) is 0. The second-order valence-corrected chi connectivity index (χ2v) is 6.84. The minimum absolute atomic E-state index is 0.00620. The number of nitrogens with one attached hydrogen (secondary N) is 1. The van der Waals surface area contributed by atoms with Crippen LogP contribution in [0, 0.1) is 12.7 Å². The van der Waals surface area contributed by atoms with Gasteiger partial charge in [0.05, 0.1) is 6.10 Å². The van der Waals surface area contributed by atoms with Crippen LogP contribution in [-0.4, -0.2) is 19.7 Å². The molecule has 8 heteroatoms. The van der Waals surface area contributed by atoms with E-state index in [1.165, 1.54) is 18.2 Å². The normalized spacial score (nSPS) is 15.4. The predicted octanol–water partition coefficient (Wildman–Crippen LogP) is 2.85. The van der Waals surface area contributed by atoms with Crippen molar-refractivity contribution >= 4 is 15.8 Å². The van der Waals surface area contributed by atoms with Crippen LogP contribution in [0.15, 0.2) is 33.7 Å². The summed E-state index contributed by atoms with van der Waals surface area (Å²) in [5, 5.41) is 3.52. The molecule has 0 amide bonds. The quantitative estimate of drug-likeness (QED) is 0.913. The van der Waals surface area contributed by atoms with Gasteiger partial charge in [0.1, 0.15) is 22.2 Å². The molecular weight excluding hydrogens is 311 g/mol. The van der Waals surface area contributed by atoms with Crippen molar-refractivity contribution in [2.75, 3.05) is 4.72 Å². The van der Waals surface area contributed by atoms with Gasteiger partial charge in [-0.1, -0.05) is 5.16 Å². The maximum atomic E-state index is 14.1. The molecule has 0 bridgehead atoms. The van der Waals surface area contributed by atoms with Crippen molar-refractivity contribution in [1.29, 1.82) is 0 Å². The number of anilines is 1. The molecule has 0 unspecified atom stereocenters. The average Bonchev–Trinajstić information content (AvgIpc) is 2.78. The van der Waals surface area contributed by atoms with Gasteiger partial charge in [-0.05, 0) is 38.3 Å². The predicted molar refractivity (Wildman–Crippen MR) is 76.7 cm³/mol. The standard InChI is InChI=1S/C14H15FN2O4S/c1-9-7-14(16-21-9)17-22(18,19)13-6-5-11(8-12(13)15)20-10-3-2-4-10/h5-8,10H,2-4H2,1H3,(H,16,17). The third kappa shape index (κ3) is 3.06. The lowest BCUT2D eigenvalue weighted by atomic mass is 9.96. The summed E-state index contributed by atoms with van der Waals surface area (Å²) in [6, 6.07) is 5.12. The summed E-state index contributed by atoms with van der Waals surface area (Å²) < 4.78 is 50.9. The highest BCUT2D eigenvalue weighted by molar-refractivity contribution is 7.92. The average molecular weight is 326 g/mol. The minimum atomic E-state index is -4.07. The number of aryl methyl sites for hydroxylation is 1. The molecule has 1 heterocycles. The molecule has 1 fully saturated rings. The van der Waals surface area contributed by atoms with E-state index in [0.29, 0.717) is 11.5 Å². The molecule has 1 aromatic carbocycles. The number of aromatic nitrogens is 1. The van der Waals surface area contributed by atoms with Crippen LogP contribution in [0.1, 0.15) is 25.0 Å². The molecule has 6 nitrogen and oxygen atoms in total. The Bertz CT molecular complexity index is 784. The van der Waals surface area contributed by atoms with Gasteiger partial charge >= 0.3 is 0 Å². The Labute approximate surface area is 127 Å². The molecule has 1 N–H and O–H groups in total. The lowest BCUT2D eigenvalue weighted by molar-refractivity contribution is 0.120. The second-order valence-electron chi connectivity index (χ2n) is 5.19. The van der Waals surface area contributed by atoms with Crippen LogP contribution in [0.3, 0.4) is 0 Å². The largest absolute Gasteiger partial charge is 0.490 e. The maximum Gasteiger partial charge on any atom is 0.266 e. The first-order chi connectivity index (χ1) is 10.4. The minimum Gasteiger partial charge on any atom is -0.490 e. The molecule has 3 rings (SSSR count). The van der Waals surface area contributed by atoms with Crippen LogP contribution < -0.4 is 9.46 Å². The Hall–Kier alpha value is -2.09. The number of nitrogens with zero attached hydrogens (tertiary/aromatic N) is 1. The van der Waals surface area contributed by atoms with Crippen molar-refractivity contribution in [3.8, 4) is 5.75 Å². The number of ether oxygens (including phenoxy) is 1. The SMILES string of the molecule is Cc1cc(NS(=O)(=O)c2ccc(OC3CCC3)cc2F)no1. The zero-order valence-corrected chi connectivity index (χ0v) is 12.7. The number of sulfonamides is 1. The highest BCUT2D eigenvalue weighted by atomic mass is 32.2. The van der Waals surface area contributed by atoms with E-state index >= 15 is 0 Å². The molecule has 22 heavy (non-hydrogen) atoms. The van der Waals surface area contributed by atoms with E-state index in [2.05, 4.69) is 9.88 Å². The molecule has 1 aromatic heterocycles. The van der Waals surface area contributed by atoms with E-state index in [-0.39, 0.29) is 11.9 Å². The fourth-order valence-electron chi connectivity index (χ4n) is 2.06. The van der Waals surface area contributed by atoms with Gasteiger partial charge in [0.25, 0.3) is 10.0 Å². The summed E-state index contributed by atoms with van der Waals surface area (Å²) in [6.07, 6.45) is 3.07. The molecule has 0 aliphatic heterocycles. The van der Waals surface area contributed by atoms with Gasteiger partial charge < -0.3 is 9.26 Å². The molecule has 0 saturated heterocycles. The van der Waals surface area contributed by atoms with E-state index in [4.69, 9.17) is 9.26 Å². The first kappa shape index (κ1) is 14.8. The van der Waals surface area contributed by atoms with Crippen molar-refractivity contribution < 1.29 is 22.1 Å². The molecule has 0 spiro atoms. The van der Waals surface area contributed by atoms with Crippen molar-refractivity contribution in [2.45, 2.75) is 37.2 Å². The topological polar surface area (TPSA) is 81.4 Å². The van der Waals surface area contributed by atoms with E-state index in [1.54, 1.807) is 6.92 Å². The third-order valence-corrected chi connectivity index (χ3v) is 4.80. The van der Waals surface area contributed by atoms with Crippen LogP contribution in [0.25, 0.3) is 0 Å². The second kappa shape index (κ2) is 5.60. The number of rotatable bonds is 5. The fourth-order valence-corrected chi connectivity index (χ4v) is 3.11. The number of hydrogen-bond donors (Lipinski definition) is 1. The third-order valence-electron chi connectivity index (χ3n) is 3.41. The van der Waals surface area contributed by atoms with Crippen LogP contribution >= 0.6 is 0 Å². The van der Waals surface area contributed by atoms with Gasteiger partial charge in [0, 0.05) is 12.1 Å². The Morgan fingerprint density at radius 1 is 1.36 bits per heavy atom. The molecule has 118 valence electrons. The first-order valence-electron chi connectivity index (χ1n) is 6.86. The maximum absolute atomic E-state index is 14.1. The fraction of sp³-hybridized carbons (Fsp3) is 0.357. The van der Waals surface area contributed by atoms with Crippen molar-refractivity contribution in [2.24, 2.45) is 0 Å². The molecule has 2 aromatic rings. The summed E-state index contributed by atoms with van der Waals surface area (Å²) in [5.74, 6) is -0.0860. The van der Waals surface area contributed by atoms with Crippen LogP contribution in [0.4, 0.5) is 10.2 Å². The van der Waals surface area contributed by atoms with E-state index in [0.717, 1.165) is 25.3 Å². The monoisotopic (exact) mass is 326 g/mol. The number of halogens is 1. The molecule has 0 radical (unpaired) electrons. The van der Waals surface area contributed by atoms with Crippen LogP contribution in [-0.2, 0) is 10.0 Å².